The highest BCUT2D eigenvalue weighted by molar-refractivity contribution is 7.90. The molecule has 142 valence electrons. The molecule has 0 aliphatic carbocycles. The first kappa shape index (κ1) is 21.0. The molecule has 0 aromatic rings. The van der Waals surface area contributed by atoms with Crippen LogP contribution in [0.4, 0.5) is 13.2 Å². The largest absolute Gasteiger partial charge is 0.511 e. The van der Waals surface area contributed by atoms with Crippen LogP contribution < -0.4 is 10.6 Å². The maximum Gasteiger partial charge on any atom is 0.511 e. The van der Waals surface area contributed by atoms with E-state index in [-0.39, 0.29) is 24.5 Å². The van der Waals surface area contributed by atoms with Gasteiger partial charge in [-0.25, -0.2) is 8.42 Å². The number of hydrogen-bond acceptors (Lipinski definition) is 3. The Morgan fingerprint density at radius 2 is 1.75 bits per heavy atom. The third-order valence-electron chi connectivity index (χ3n) is 3.55. The first-order chi connectivity index (χ1) is 10.9. The number of hydrogen-bond donors (Lipinski definition) is 2. The molecular weight excluding hydrogens is 345 g/mol. The van der Waals surface area contributed by atoms with Crippen molar-refractivity contribution in [1.82, 2.24) is 14.9 Å². The summed E-state index contributed by atoms with van der Waals surface area (Å²) in [6, 6.07) is 0. The normalized spacial score (nSPS) is 19.4. The topological polar surface area (TPSA) is 73.8 Å². The summed E-state index contributed by atoms with van der Waals surface area (Å²) in [5.74, 6) is 0.718. The highest BCUT2D eigenvalue weighted by atomic mass is 32.2. The minimum atomic E-state index is -5.23. The van der Waals surface area contributed by atoms with Crippen molar-refractivity contribution < 1.29 is 21.6 Å². The van der Waals surface area contributed by atoms with Crippen LogP contribution in [-0.2, 0) is 10.0 Å². The van der Waals surface area contributed by atoms with E-state index in [0.29, 0.717) is 36.2 Å². The minimum Gasteiger partial charge on any atom is -0.357 e. The minimum absolute atomic E-state index is 0.0695. The summed E-state index contributed by atoms with van der Waals surface area (Å²) < 4.78 is 60.9. The molecule has 1 aliphatic rings. The first-order valence-electron chi connectivity index (χ1n) is 7.99. The van der Waals surface area contributed by atoms with E-state index in [9.17, 15) is 21.6 Å². The molecule has 10 heteroatoms. The Bertz CT molecular complexity index is 533. The van der Waals surface area contributed by atoms with Crippen molar-refractivity contribution in [3.05, 3.63) is 0 Å². The summed E-state index contributed by atoms with van der Waals surface area (Å²) in [6.07, 6.45) is 0.738. The number of piperidine rings is 1. The molecule has 0 atom stereocenters. The predicted molar refractivity (Wildman–Crippen MR) is 88.1 cm³/mol. The van der Waals surface area contributed by atoms with Crippen LogP contribution in [0.3, 0.4) is 0 Å². The first-order valence-corrected chi connectivity index (χ1v) is 9.43. The fourth-order valence-electron chi connectivity index (χ4n) is 2.36. The number of aliphatic imine (C=N–C) groups is 1. The van der Waals surface area contributed by atoms with Crippen molar-refractivity contribution in [3.8, 4) is 0 Å². The van der Waals surface area contributed by atoms with Crippen LogP contribution in [0.15, 0.2) is 4.99 Å². The number of nitrogens with one attached hydrogen (secondary N) is 2. The Morgan fingerprint density at radius 1 is 1.21 bits per heavy atom. The standard InChI is InChI=1S/C14H27F3N4O2S/c1-5-18-12(20-13(2,3)4)19-10-11-6-8-21(9-7-11)24(22,23)14(15,16)17/h11H,5-10H2,1-4H3,(H2,18,19,20). The summed E-state index contributed by atoms with van der Waals surface area (Å²) in [6.45, 7) is 8.85. The van der Waals surface area contributed by atoms with E-state index >= 15 is 0 Å². The monoisotopic (exact) mass is 372 g/mol. The molecule has 0 aromatic carbocycles. The SMILES string of the molecule is CCNC(=NCC1CCN(S(=O)(=O)C(F)(F)F)CC1)NC(C)(C)C. The van der Waals surface area contributed by atoms with Gasteiger partial charge in [-0.05, 0) is 46.5 Å². The van der Waals surface area contributed by atoms with Crippen LogP contribution in [-0.4, -0.2) is 55.9 Å². The molecule has 0 spiro atoms. The van der Waals surface area contributed by atoms with Crippen LogP contribution in [0.2, 0.25) is 0 Å². The van der Waals surface area contributed by atoms with E-state index < -0.39 is 15.5 Å². The van der Waals surface area contributed by atoms with E-state index in [2.05, 4.69) is 15.6 Å². The molecule has 0 bridgehead atoms. The van der Waals surface area contributed by atoms with Crippen molar-refractivity contribution in [2.45, 2.75) is 51.6 Å². The maximum absolute atomic E-state index is 12.5. The molecule has 24 heavy (non-hydrogen) atoms. The fraction of sp³-hybridized carbons (Fsp3) is 0.929. The van der Waals surface area contributed by atoms with Crippen LogP contribution in [0, 0.1) is 5.92 Å². The second-order valence-electron chi connectivity index (χ2n) is 6.89. The van der Waals surface area contributed by atoms with Crippen LogP contribution >= 0.6 is 0 Å². The van der Waals surface area contributed by atoms with E-state index in [0.717, 1.165) is 0 Å². The van der Waals surface area contributed by atoms with Gasteiger partial charge < -0.3 is 10.6 Å². The molecule has 0 radical (unpaired) electrons. The van der Waals surface area contributed by atoms with Crippen LogP contribution in [0.1, 0.15) is 40.5 Å². The zero-order valence-electron chi connectivity index (χ0n) is 14.6. The zero-order chi connectivity index (χ0) is 18.6. The van der Waals surface area contributed by atoms with Crippen molar-refractivity contribution in [1.29, 1.82) is 0 Å². The van der Waals surface area contributed by atoms with Crippen LogP contribution in [0.5, 0.6) is 0 Å². The maximum atomic E-state index is 12.5. The van der Waals surface area contributed by atoms with Crippen molar-refractivity contribution in [2.24, 2.45) is 10.9 Å². The zero-order valence-corrected chi connectivity index (χ0v) is 15.4. The Morgan fingerprint density at radius 3 is 2.17 bits per heavy atom. The second-order valence-corrected chi connectivity index (χ2v) is 8.82. The lowest BCUT2D eigenvalue weighted by molar-refractivity contribution is -0.0496. The third kappa shape index (κ3) is 6.12. The van der Waals surface area contributed by atoms with Gasteiger partial charge in [0.1, 0.15) is 0 Å². The number of alkyl halides is 3. The number of sulfonamides is 1. The molecular formula is C14H27F3N4O2S. The highest BCUT2D eigenvalue weighted by Gasteiger charge is 2.50. The molecule has 1 heterocycles. The average molecular weight is 372 g/mol. The summed E-state index contributed by atoms with van der Waals surface area (Å²) in [7, 11) is -5.21. The molecule has 0 saturated carbocycles. The van der Waals surface area contributed by atoms with Crippen molar-refractivity contribution >= 4 is 16.0 Å². The molecule has 2 N–H and O–H groups in total. The molecule has 1 aliphatic heterocycles. The Hall–Kier alpha value is -1.03. The van der Waals surface area contributed by atoms with Gasteiger partial charge >= 0.3 is 15.5 Å². The smallest absolute Gasteiger partial charge is 0.357 e. The summed E-state index contributed by atoms with van der Waals surface area (Å²) in [4.78, 5) is 4.46. The van der Waals surface area contributed by atoms with Gasteiger partial charge in [-0.1, -0.05) is 0 Å². The number of guanidine groups is 1. The summed E-state index contributed by atoms with van der Waals surface area (Å²) >= 11 is 0. The van der Waals surface area contributed by atoms with Crippen molar-refractivity contribution in [2.75, 3.05) is 26.2 Å². The van der Waals surface area contributed by atoms with E-state index in [1.54, 1.807) is 0 Å². The van der Waals surface area contributed by atoms with Gasteiger partial charge in [0.25, 0.3) is 0 Å². The average Bonchev–Trinajstić information content (AvgIpc) is 2.43. The van der Waals surface area contributed by atoms with E-state index in [4.69, 9.17) is 0 Å². The van der Waals surface area contributed by atoms with Gasteiger partial charge in [-0.15, -0.1) is 0 Å². The lowest BCUT2D eigenvalue weighted by atomic mass is 9.98. The van der Waals surface area contributed by atoms with Crippen molar-refractivity contribution in [3.63, 3.8) is 0 Å². The van der Waals surface area contributed by atoms with Gasteiger partial charge in [0.2, 0.25) is 0 Å². The van der Waals surface area contributed by atoms with Gasteiger partial charge in [0.05, 0.1) is 0 Å². The van der Waals surface area contributed by atoms with E-state index in [1.807, 2.05) is 27.7 Å². The summed E-state index contributed by atoms with van der Waals surface area (Å²) in [5.41, 5.74) is -5.39. The van der Waals surface area contributed by atoms with Crippen LogP contribution in [0.25, 0.3) is 0 Å². The number of nitrogens with zero attached hydrogens (tertiary/aromatic N) is 2. The number of rotatable bonds is 4. The Labute approximate surface area is 141 Å². The molecule has 1 fully saturated rings. The molecule has 1 saturated heterocycles. The summed E-state index contributed by atoms with van der Waals surface area (Å²) in [5, 5.41) is 6.35. The Balaban J connectivity index is 2.60. The second kappa shape index (κ2) is 7.90. The van der Waals surface area contributed by atoms with Gasteiger partial charge in [0, 0.05) is 31.7 Å². The molecule has 6 nitrogen and oxygen atoms in total. The highest BCUT2D eigenvalue weighted by Crippen LogP contribution is 2.30. The quantitative estimate of drug-likeness (QED) is 0.584. The number of halogens is 3. The third-order valence-corrected chi connectivity index (χ3v) is 5.18. The lowest BCUT2D eigenvalue weighted by Crippen LogP contribution is -2.48. The molecule has 0 unspecified atom stereocenters. The van der Waals surface area contributed by atoms with Gasteiger partial charge in [0.15, 0.2) is 5.96 Å². The predicted octanol–water partition coefficient (Wildman–Crippen LogP) is 1.90. The molecule has 0 amide bonds. The lowest BCUT2D eigenvalue weighted by Gasteiger charge is -2.31. The fourth-order valence-corrected chi connectivity index (χ4v) is 3.35. The van der Waals surface area contributed by atoms with E-state index in [1.165, 1.54) is 0 Å². The Kier molecular flexibility index (Phi) is 6.92. The molecule has 1 rings (SSSR count). The van der Waals surface area contributed by atoms with Gasteiger partial charge in [-0.3, -0.25) is 4.99 Å². The molecule has 0 aromatic heterocycles. The van der Waals surface area contributed by atoms with Gasteiger partial charge in [-0.2, -0.15) is 17.5 Å².